The highest BCUT2D eigenvalue weighted by Crippen LogP contribution is 2.21. The van der Waals surface area contributed by atoms with Crippen molar-refractivity contribution in [2.45, 2.75) is 19.5 Å². The first-order valence-electron chi connectivity index (χ1n) is 8.35. The number of nitrogens with one attached hydrogen (secondary N) is 2. The minimum atomic E-state index is -0.460. The Balaban J connectivity index is 1.61. The van der Waals surface area contributed by atoms with E-state index in [2.05, 4.69) is 10.6 Å². The number of halogens is 1. The molecule has 0 spiro atoms. The summed E-state index contributed by atoms with van der Waals surface area (Å²) in [6.07, 6.45) is -0.296. The molecule has 0 unspecified atom stereocenters. The van der Waals surface area contributed by atoms with Gasteiger partial charge in [-0.25, -0.2) is 4.79 Å². The summed E-state index contributed by atoms with van der Waals surface area (Å²) in [6, 6.07) is 14.3. The van der Waals surface area contributed by atoms with Crippen LogP contribution in [0.3, 0.4) is 0 Å². The SMILES string of the molecule is C[C@H](Nc1cccc(CN2CCOC2=O)c1)C(=O)Nc1ccccc1Cl. The molecule has 0 aliphatic carbocycles. The van der Waals surface area contributed by atoms with E-state index < -0.39 is 6.04 Å². The van der Waals surface area contributed by atoms with Crippen LogP contribution in [-0.2, 0) is 16.1 Å². The fraction of sp³-hybridized carbons (Fsp3) is 0.263. The molecular weight excluding hydrogens is 354 g/mol. The summed E-state index contributed by atoms with van der Waals surface area (Å²) in [6.45, 7) is 3.27. The summed E-state index contributed by atoms with van der Waals surface area (Å²) in [5, 5.41) is 6.47. The maximum atomic E-state index is 12.4. The number of nitrogens with zero attached hydrogens (tertiary/aromatic N) is 1. The van der Waals surface area contributed by atoms with Crippen LogP contribution in [0.25, 0.3) is 0 Å². The van der Waals surface area contributed by atoms with E-state index in [1.165, 1.54) is 0 Å². The molecule has 2 N–H and O–H groups in total. The van der Waals surface area contributed by atoms with Gasteiger partial charge in [0.15, 0.2) is 0 Å². The van der Waals surface area contributed by atoms with E-state index in [0.29, 0.717) is 30.4 Å². The van der Waals surface area contributed by atoms with Gasteiger partial charge < -0.3 is 20.3 Å². The Labute approximate surface area is 157 Å². The Morgan fingerprint density at radius 2 is 2.08 bits per heavy atom. The molecule has 26 heavy (non-hydrogen) atoms. The van der Waals surface area contributed by atoms with Crippen molar-refractivity contribution in [1.82, 2.24) is 4.90 Å². The van der Waals surface area contributed by atoms with Crippen molar-refractivity contribution in [2.75, 3.05) is 23.8 Å². The smallest absolute Gasteiger partial charge is 0.410 e. The maximum Gasteiger partial charge on any atom is 0.410 e. The summed E-state index contributed by atoms with van der Waals surface area (Å²) < 4.78 is 4.94. The fourth-order valence-electron chi connectivity index (χ4n) is 2.67. The minimum Gasteiger partial charge on any atom is -0.448 e. The van der Waals surface area contributed by atoms with Gasteiger partial charge >= 0.3 is 6.09 Å². The molecule has 136 valence electrons. The first kappa shape index (κ1) is 18.1. The molecule has 6 nitrogen and oxygen atoms in total. The Morgan fingerprint density at radius 3 is 2.81 bits per heavy atom. The number of hydrogen-bond acceptors (Lipinski definition) is 4. The Morgan fingerprint density at radius 1 is 1.27 bits per heavy atom. The Hall–Kier alpha value is -2.73. The van der Waals surface area contributed by atoms with E-state index >= 15 is 0 Å². The predicted molar refractivity (Wildman–Crippen MR) is 101 cm³/mol. The third kappa shape index (κ3) is 4.46. The van der Waals surface area contributed by atoms with Gasteiger partial charge in [-0.15, -0.1) is 0 Å². The molecule has 0 saturated carbocycles. The molecule has 2 aromatic rings. The molecule has 1 aliphatic heterocycles. The molecule has 0 bridgehead atoms. The van der Waals surface area contributed by atoms with Crippen LogP contribution in [-0.4, -0.2) is 36.1 Å². The van der Waals surface area contributed by atoms with Crippen LogP contribution in [0.2, 0.25) is 5.02 Å². The van der Waals surface area contributed by atoms with Crippen molar-refractivity contribution in [1.29, 1.82) is 0 Å². The first-order chi connectivity index (χ1) is 12.5. The number of cyclic esters (lactones) is 1. The maximum absolute atomic E-state index is 12.4. The second-order valence-electron chi connectivity index (χ2n) is 6.07. The number of benzene rings is 2. The average Bonchev–Trinajstić information content (AvgIpc) is 3.02. The number of para-hydroxylation sites is 1. The fourth-order valence-corrected chi connectivity index (χ4v) is 2.85. The normalized spacial score (nSPS) is 14.7. The molecular formula is C19H20ClN3O3. The van der Waals surface area contributed by atoms with Gasteiger partial charge in [0.05, 0.1) is 17.3 Å². The van der Waals surface area contributed by atoms with Crippen LogP contribution in [0, 0.1) is 0 Å². The lowest BCUT2D eigenvalue weighted by molar-refractivity contribution is -0.116. The second-order valence-corrected chi connectivity index (χ2v) is 6.48. The molecule has 3 rings (SSSR count). The molecule has 1 atom stereocenters. The topological polar surface area (TPSA) is 70.7 Å². The number of ether oxygens (including phenoxy) is 1. The lowest BCUT2D eigenvalue weighted by Gasteiger charge is -2.17. The molecule has 1 saturated heterocycles. The van der Waals surface area contributed by atoms with Crippen molar-refractivity contribution >= 4 is 35.0 Å². The zero-order valence-electron chi connectivity index (χ0n) is 14.4. The highest BCUT2D eigenvalue weighted by atomic mass is 35.5. The van der Waals surface area contributed by atoms with Gasteiger partial charge in [-0.05, 0) is 36.8 Å². The Bertz CT molecular complexity index is 812. The van der Waals surface area contributed by atoms with Crippen molar-refractivity contribution in [3.8, 4) is 0 Å². The molecule has 2 amide bonds. The number of carbonyl (C=O) groups excluding carboxylic acids is 2. The number of amides is 2. The summed E-state index contributed by atoms with van der Waals surface area (Å²) in [4.78, 5) is 25.6. The Kier molecular flexibility index (Phi) is 5.63. The minimum absolute atomic E-state index is 0.188. The van der Waals surface area contributed by atoms with Gasteiger partial charge in [-0.2, -0.15) is 0 Å². The molecule has 0 radical (unpaired) electrons. The average molecular weight is 374 g/mol. The highest BCUT2D eigenvalue weighted by molar-refractivity contribution is 6.33. The van der Waals surface area contributed by atoms with Crippen LogP contribution in [0.1, 0.15) is 12.5 Å². The third-order valence-corrected chi connectivity index (χ3v) is 4.38. The summed E-state index contributed by atoms with van der Waals surface area (Å²) >= 11 is 6.07. The van der Waals surface area contributed by atoms with E-state index in [0.717, 1.165) is 11.3 Å². The van der Waals surface area contributed by atoms with Crippen LogP contribution in [0.5, 0.6) is 0 Å². The van der Waals surface area contributed by atoms with Gasteiger partial charge in [0.25, 0.3) is 0 Å². The molecule has 0 aromatic heterocycles. The number of carbonyl (C=O) groups is 2. The van der Waals surface area contributed by atoms with Crippen molar-refractivity contribution in [3.05, 3.63) is 59.1 Å². The summed E-state index contributed by atoms with van der Waals surface area (Å²) in [5.74, 6) is -0.188. The monoisotopic (exact) mass is 373 g/mol. The third-order valence-electron chi connectivity index (χ3n) is 4.05. The largest absolute Gasteiger partial charge is 0.448 e. The van der Waals surface area contributed by atoms with E-state index in [4.69, 9.17) is 16.3 Å². The lowest BCUT2D eigenvalue weighted by atomic mass is 10.1. The van der Waals surface area contributed by atoms with Crippen molar-refractivity contribution in [2.24, 2.45) is 0 Å². The van der Waals surface area contributed by atoms with Crippen LogP contribution in [0.4, 0.5) is 16.2 Å². The van der Waals surface area contributed by atoms with E-state index in [9.17, 15) is 9.59 Å². The zero-order valence-corrected chi connectivity index (χ0v) is 15.1. The summed E-state index contributed by atoms with van der Waals surface area (Å²) in [5.41, 5.74) is 2.35. The molecule has 7 heteroatoms. The first-order valence-corrected chi connectivity index (χ1v) is 8.73. The molecule has 1 fully saturated rings. The van der Waals surface area contributed by atoms with Crippen molar-refractivity contribution in [3.63, 3.8) is 0 Å². The molecule has 1 aliphatic rings. The van der Waals surface area contributed by atoms with E-state index in [1.54, 1.807) is 30.0 Å². The molecule has 2 aromatic carbocycles. The van der Waals surface area contributed by atoms with E-state index in [-0.39, 0.29) is 12.0 Å². The van der Waals surface area contributed by atoms with E-state index in [1.807, 2.05) is 30.3 Å². The lowest BCUT2D eigenvalue weighted by Crippen LogP contribution is -2.32. The zero-order chi connectivity index (χ0) is 18.5. The van der Waals surface area contributed by atoms with Gasteiger partial charge in [0.2, 0.25) is 5.91 Å². The quantitative estimate of drug-likeness (QED) is 0.809. The molecule has 1 heterocycles. The van der Waals surface area contributed by atoms with Gasteiger partial charge in [-0.1, -0.05) is 35.9 Å². The van der Waals surface area contributed by atoms with Crippen LogP contribution >= 0.6 is 11.6 Å². The number of hydrogen-bond donors (Lipinski definition) is 2. The second kappa shape index (κ2) is 8.10. The van der Waals surface area contributed by atoms with Crippen molar-refractivity contribution < 1.29 is 14.3 Å². The number of anilines is 2. The standard InChI is InChI=1S/C19H20ClN3O3/c1-13(18(24)22-17-8-3-2-7-16(17)20)21-15-6-4-5-14(11-15)12-23-9-10-26-19(23)25/h2-8,11,13,21H,9-10,12H2,1H3,(H,22,24)/t13-/m0/s1. The predicted octanol–water partition coefficient (Wildman–Crippen LogP) is 3.73. The van der Waals surface area contributed by atoms with Gasteiger partial charge in [-0.3, -0.25) is 4.79 Å². The van der Waals surface area contributed by atoms with Gasteiger partial charge in [0, 0.05) is 12.2 Å². The van der Waals surface area contributed by atoms with Gasteiger partial charge in [0.1, 0.15) is 12.6 Å². The number of rotatable bonds is 6. The summed E-state index contributed by atoms with van der Waals surface area (Å²) in [7, 11) is 0. The highest BCUT2D eigenvalue weighted by Gasteiger charge is 2.22. The van der Waals surface area contributed by atoms with Crippen LogP contribution in [0.15, 0.2) is 48.5 Å². The van der Waals surface area contributed by atoms with Crippen LogP contribution < -0.4 is 10.6 Å².